The zero-order valence-corrected chi connectivity index (χ0v) is 14.0. The second-order valence-electron chi connectivity index (χ2n) is 7.01. The Hall–Kier alpha value is -1.92. The lowest BCUT2D eigenvalue weighted by Crippen LogP contribution is -2.41. The number of carbonyl (C=O) groups is 1. The molecule has 0 bridgehead atoms. The predicted octanol–water partition coefficient (Wildman–Crippen LogP) is 4.53. The molecule has 4 nitrogen and oxygen atoms in total. The summed E-state index contributed by atoms with van der Waals surface area (Å²) < 4.78 is 44.8. The molecule has 0 aliphatic carbocycles. The van der Waals surface area contributed by atoms with E-state index in [4.69, 9.17) is 4.74 Å². The van der Waals surface area contributed by atoms with Gasteiger partial charge in [-0.2, -0.15) is 13.2 Å². The highest BCUT2D eigenvalue weighted by molar-refractivity contribution is 5.68. The predicted molar refractivity (Wildman–Crippen MR) is 82.9 cm³/mol. The average Bonchev–Trinajstić information content (AvgIpc) is 2.44. The molecule has 134 valence electrons. The van der Waals surface area contributed by atoms with Gasteiger partial charge in [0.1, 0.15) is 11.4 Å². The zero-order chi connectivity index (χ0) is 18.1. The number of phenols is 1. The fourth-order valence-corrected chi connectivity index (χ4v) is 2.85. The van der Waals surface area contributed by atoms with Crippen LogP contribution in [0.25, 0.3) is 0 Å². The topological polar surface area (TPSA) is 49.8 Å². The highest BCUT2D eigenvalue weighted by Gasteiger charge is 2.37. The number of likely N-dealkylation sites (tertiary alicyclic amines) is 1. The molecule has 0 unspecified atom stereocenters. The Morgan fingerprint density at radius 2 is 1.79 bits per heavy atom. The highest BCUT2D eigenvalue weighted by atomic mass is 19.4. The normalized spacial score (nSPS) is 17.0. The molecule has 1 aromatic carbocycles. The fraction of sp³-hybridized carbons (Fsp3) is 0.588. The Kier molecular flexibility index (Phi) is 5.01. The van der Waals surface area contributed by atoms with E-state index in [0.29, 0.717) is 25.9 Å². The van der Waals surface area contributed by atoms with Crippen LogP contribution in [0.5, 0.6) is 5.75 Å². The van der Waals surface area contributed by atoms with E-state index >= 15 is 0 Å². The van der Waals surface area contributed by atoms with Crippen LogP contribution in [-0.4, -0.2) is 34.8 Å². The first-order valence-corrected chi connectivity index (χ1v) is 7.85. The first-order chi connectivity index (χ1) is 11.0. The number of amides is 1. The Morgan fingerprint density at radius 3 is 2.29 bits per heavy atom. The number of rotatable bonds is 1. The number of aromatic hydroxyl groups is 1. The van der Waals surface area contributed by atoms with E-state index in [1.807, 2.05) is 0 Å². The minimum absolute atomic E-state index is 0.170. The van der Waals surface area contributed by atoms with E-state index in [-0.39, 0.29) is 11.5 Å². The zero-order valence-electron chi connectivity index (χ0n) is 14.0. The minimum Gasteiger partial charge on any atom is -0.508 e. The van der Waals surface area contributed by atoms with E-state index in [9.17, 15) is 23.1 Å². The summed E-state index contributed by atoms with van der Waals surface area (Å²) in [5.74, 6) is -0.710. The number of piperidine rings is 1. The largest absolute Gasteiger partial charge is 0.508 e. The molecule has 1 aliphatic heterocycles. The SMILES string of the molecule is CC(C)(C)OC(=O)N1CCC(c2ccc(O)cc2C(F)(F)F)CC1. The number of hydrogen-bond acceptors (Lipinski definition) is 3. The molecule has 1 aliphatic rings. The summed E-state index contributed by atoms with van der Waals surface area (Å²) in [6, 6.07) is 3.35. The van der Waals surface area contributed by atoms with Crippen LogP contribution >= 0.6 is 0 Å². The number of halogens is 3. The number of phenolic OH excluding ortho intramolecular Hbond substituents is 1. The van der Waals surface area contributed by atoms with Gasteiger partial charge in [-0.1, -0.05) is 6.07 Å². The molecule has 1 aromatic rings. The molecule has 0 spiro atoms. The molecule has 1 N–H and O–H groups in total. The van der Waals surface area contributed by atoms with Gasteiger partial charge in [-0.05, 0) is 57.2 Å². The number of carbonyl (C=O) groups excluding carboxylic acids is 1. The lowest BCUT2D eigenvalue weighted by Gasteiger charge is -2.34. The van der Waals surface area contributed by atoms with Crippen molar-refractivity contribution in [2.45, 2.75) is 51.3 Å². The van der Waals surface area contributed by atoms with E-state index in [0.717, 1.165) is 6.07 Å². The molecule has 0 atom stereocenters. The average molecular weight is 345 g/mol. The molecule has 0 radical (unpaired) electrons. The Bertz CT molecular complexity index is 600. The van der Waals surface area contributed by atoms with E-state index in [1.54, 1.807) is 20.8 Å². The molecule has 1 heterocycles. The molecule has 0 saturated carbocycles. The minimum atomic E-state index is -4.52. The van der Waals surface area contributed by atoms with Gasteiger partial charge in [-0.3, -0.25) is 0 Å². The second kappa shape index (κ2) is 6.53. The third kappa shape index (κ3) is 4.55. The first kappa shape index (κ1) is 18.4. The van der Waals surface area contributed by atoms with Crippen molar-refractivity contribution in [3.05, 3.63) is 29.3 Å². The van der Waals surface area contributed by atoms with Crippen LogP contribution in [0.15, 0.2) is 18.2 Å². The monoisotopic (exact) mass is 345 g/mol. The highest BCUT2D eigenvalue weighted by Crippen LogP contribution is 2.40. The molecule has 1 amide bonds. The Morgan fingerprint density at radius 1 is 1.21 bits per heavy atom. The maximum atomic E-state index is 13.2. The summed E-state index contributed by atoms with van der Waals surface area (Å²) in [7, 11) is 0. The Balaban J connectivity index is 2.09. The maximum Gasteiger partial charge on any atom is 0.416 e. The summed E-state index contributed by atoms with van der Waals surface area (Å²) in [5.41, 5.74) is -1.24. The number of alkyl halides is 3. The van der Waals surface area contributed by atoms with E-state index in [1.165, 1.54) is 17.0 Å². The summed E-state index contributed by atoms with van der Waals surface area (Å²) >= 11 is 0. The van der Waals surface area contributed by atoms with Crippen molar-refractivity contribution >= 4 is 6.09 Å². The van der Waals surface area contributed by atoms with Gasteiger partial charge in [0.05, 0.1) is 5.56 Å². The number of ether oxygens (including phenoxy) is 1. The lowest BCUT2D eigenvalue weighted by atomic mass is 9.86. The smallest absolute Gasteiger partial charge is 0.416 e. The van der Waals surface area contributed by atoms with Crippen molar-refractivity contribution in [1.82, 2.24) is 4.90 Å². The van der Waals surface area contributed by atoms with Crippen LogP contribution in [0.3, 0.4) is 0 Å². The van der Waals surface area contributed by atoms with Gasteiger partial charge < -0.3 is 14.7 Å². The van der Waals surface area contributed by atoms with Crippen LogP contribution in [0, 0.1) is 0 Å². The summed E-state index contributed by atoms with van der Waals surface area (Å²) in [6.45, 7) is 5.99. The van der Waals surface area contributed by atoms with Crippen LogP contribution in [0.1, 0.15) is 50.7 Å². The fourth-order valence-electron chi connectivity index (χ4n) is 2.85. The standard InChI is InChI=1S/C17H22F3NO3/c1-16(2,3)24-15(23)21-8-6-11(7-9-21)13-5-4-12(22)10-14(13)17(18,19)20/h4-5,10-11,22H,6-9H2,1-3H3. The van der Waals surface area contributed by atoms with Gasteiger partial charge in [-0.25, -0.2) is 4.79 Å². The van der Waals surface area contributed by atoms with Crippen LogP contribution in [-0.2, 0) is 10.9 Å². The van der Waals surface area contributed by atoms with Gasteiger partial charge in [0.25, 0.3) is 0 Å². The molecule has 1 saturated heterocycles. The van der Waals surface area contributed by atoms with Crippen molar-refractivity contribution in [3.8, 4) is 5.75 Å². The molecule has 1 fully saturated rings. The molecule has 0 aromatic heterocycles. The van der Waals surface area contributed by atoms with Gasteiger partial charge in [0.2, 0.25) is 0 Å². The van der Waals surface area contributed by atoms with Crippen LogP contribution in [0.2, 0.25) is 0 Å². The Labute approximate surface area is 139 Å². The number of benzene rings is 1. The van der Waals surface area contributed by atoms with Crippen molar-refractivity contribution in [3.63, 3.8) is 0 Å². The number of nitrogens with zero attached hydrogens (tertiary/aromatic N) is 1. The van der Waals surface area contributed by atoms with E-state index < -0.39 is 29.2 Å². The summed E-state index contributed by atoms with van der Waals surface area (Å²) in [4.78, 5) is 13.5. The molecule has 24 heavy (non-hydrogen) atoms. The second-order valence-corrected chi connectivity index (χ2v) is 7.01. The first-order valence-electron chi connectivity index (χ1n) is 7.85. The van der Waals surface area contributed by atoms with Gasteiger partial charge in [-0.15, -0.1) is 0 Å². The third-order valence-electron chi connectivity index (χ3n) is 3.93. The number of hydrogen-bond donors (Lipinski definition) is 1. The van der Waals surface area contributed by atoms with Crippen LogP contribution < -0.4 is 0 Å². The van der Waals surface area contributed by atoms with Gasteiger partial charge >= 0.3 is 12.3 Å². The lowest BCUT2D eigenvalue weighted by molar-refractivity contribution is -0.138. The third-order valence-corrected chi connectivity index (χ3v) is 3.93. The van der Waals surface area contributed by atoms with Crippen molar-refractivity contribution < 1.29 is 27.8 Å². The summed E-state index contributed by atoms with van der Waals surface area (Å²) in [5, 5.41) is 9.35. The van der Waals surface area contributed by atoms with Gasteiger partial charge in [0.15, 0.2) is 0 Å². The summed E-state index contributed by atoms with van der Waals surface area (Å²) in [6.07, 6.45) is -4.11. The van der Waals surface area contributed by atoms with Crippen molar-refractivity contribution in [2.24, 2.45) is 0 Å². The quantitative estimate of drug-likeness (QED) is 0.814. The molecular weight excluding hydrogens is 323 g/mol. The van der Waals surface area contributed by atoms with Crippen molar-refractivity contribution in [2.75, 3.05) is 13.1 Å². The van der Waals surface area contributed by atoms with E-state index in [2.05, 4.69) is 0 Å². The van der Waals surface area contributed by atoms with Gasteiger partial charge in [0, 0.05) is 13.1 Å². The molecule has 2 rings (SSSR count). The maximum absolute atomic E-state index is 13.2. The molecular formula is C17H22F3NO3. The van der Waals surface area contributed by atoms with Crippen molar-refractivity contribution in [1.29, 1.82) is 0 Å². The molecule has 7 heteroatoms. The van der Waals surface area contributed by atoms with Crippen LogP contribution in [0.4, 0.5) is 18.0 Å².